The molecule has 149 heavy (non-hydrogen) atoms. The van der Waals surface area contributed by atoms with E-state index in [4.69, 9.17) is 0 Å². The number of pyridine rings is 9. The van der Waals surface area contributed by atoms with Crippen molar-refractivity contribution in [3.05, 3.63) is 278 Å². The van der Waals surface area contributed by atoms with Crippen LogP contribution in [0.25, 0.3) is 109 Å². The fourth-order valence-corrected chi connectivity index (χ4v) is 25.0. The van der Waals surface area contributed by atoms with Gasteiger partial charge in [0.05, 0.1) is 41.4 Å². The molecule has 9 aromatic heterocycles. The number of hydrogen-bond donors (Lipinski definition) is 5. The third-order valence-corrected chi connectivity index (χ3v) is 37.0. The lowest BCUT2D eigenvalue weighted by molar-refractivity contribution is 0.330. The highest BCUT2D eigenvalue weighted by Gasteiger charge is 2.33. The molecule has 0 aliphatic carbocycles. The van der Waals surface area contributed by atoms with Gasteiger partial charge in [-0.3, -0.25) is 44.9 Å². The van der Waals surface area contributed by atoms with Gasteiger partial charge in [-0.25, -0.2) is 63.6 Å². The second-order valence-electron chi connectivity index (χ2n) is 38.8. The van der Waals surface area contributed by atoms with Gasteiger partial charge in [-0.2, -0.15) is 5.26 Å². The Morgan fingerprint density at radius 3 is 0.785 bits per heavy atom. The van der Waals surface area contributed by atoms with E-state index in [9.17, 15) is 47.4 Å². The van der Waals surface area contributed by atoms with E-state index in [0.717, 1.165) is 245 Å². The van der Waals surface area contributed by atoms with Crippen molar-refractivity contribution in [1.82, 2.24) is 66.4 Å². The number of sulfonamides is 5. The third kappa shape index (κ3) is 27.8. The zero-order valence-corrected chi connectivity index (χ0v) is 90.5. The number of fused-ring (bicyclic) bond motifs is 5. The standard InChI is InChI=1S/C24H26N4O2S.2C23H28N4O2S.2C22H26N4O2S/c1-3-31(29,30)28-8-5-22(6-9-28)27-24-14-21(13-19-4-7-26-16-23(19)24)20-11-17(2)10-18(12-20)15-25;1-3-17-11-20(15-25-14-17)19-12-18-5-8-24-16-22(18)23(13-19)26-21-6-9-27(10-7-21)30(28,29)4-2;1-3-20-6-5-18(15-25-20)19-13-17-7-10-24-16-22(17)23(14-19)26-21-8-11-27(12-9-21)30(28,29)4-2;1-3-16-10-19(14-24-13-16)18-11-17-4-7-23-15-21(17)22(12-18)25-20-5-8-26(9-6-20)29(2,27)28;1-3-19-5-4-17(14-24-19)18-12-16-6-9-23-15-21(16)22(13-18)25-20-7-10-26(11-8-20)29(2,27)28/h4,7,10-14,16,22,27H,3,5-6,8-9H2,1-2H3;5,8,11-16,21,26H,3-4,6-7,9-10H2,1-2H3;5-7,10,13-16,21,26H,3-4,8-9,11-12H2,1-2H3;4,7,10-15,20,25H,3,5-6,8-9H2,1-2H3;4-6,9,12-15,20,25H,3,7-8,10-11H2,1-2H3. The molecule has 0 unspecified atom stereocenters. The SMILES string of the molecule is CCS(=O)(=O)N1CCC(Nc2cc(-c3cc(C)cc(C#N)c3)cc3ccncc23)CC1.CCc1ccc(-c2cc(NC3CCN(S(=O)(=O)CC)CC3)c3cnccc3c2)cn1.CCc1ccc(-c2cc(NC3CCN(S(C)(=O)=O)CC3)c3cnccc3c2)cn1.CCc1cncc(-c2cc(NC3CCN(S(=O)(=O)CC)CC3)c3cnccc3c2)c1.CCc1cncc(-c2cc(NC3CCN(S(C)(=O)=O)CC3)c3cnccc3c2)c1. The second-order valence-corrected chi connectivity index (χ2v) is 49.5. The quantitative estimate of drug-likeness (QED) is 0.0319. The van der Waals surface area contributed by atoms with Gasteiger partial charge in [0.15, 0.2) is 0 Å². The van der Waals surface area contributed by atoms with Gasteiger partial charge in [0.1, 0.15) is 0 Å². The first-order valence-corrected chi connectivity index (χ1v) is 60.2. The highest BCUT2D eigenvalue weighted by molar-refractivity contribution is 7.89. The fourth-order valence-electron chi connectivity index (χ4n) is 19.9. The second kappa shape index (κ2) is 49.2. The molecule has 5 saturated heterocycles. The van der Waals surface area contributed by atoms with Gasteiger partial charge in [-0.05, 0) is 322 Å². The van der Waals surface area contributed by atoms with Crippen molar-refractivity contribution in [3.8, 4) is 61.7 Å². The summed E-state index contributed by atoms with van der Waals surface area (Å²) in [6.07, 6.45) is 44.0. The first kappa shape index (κ1) is 109. The Hall–Kier alpha value is -13.0. The van der Waals surface area contributed by atoms with Gasteiger partial charge in [-0.1, -0.05) is 45.9 Å². The van der Waals surface area contributed by atoms with E-state index >= 15 is 0 Å². The molecule has 0 amide bonds. The van der Waals surface area contributed by atoms with Gasteiger partial charge in [0.2, 0.25) is 50.1 Å². The number of nitrogens with one attached hydrogen (secondary N) is 5. The Kier molecular flexibility index (Phi) is 35.9. The summed E-state index contributed by atoms with van der Waals surface area (Å²) in [5, 5.41) is 38.5. The van der Waals surface area contributed by atoms with Crippen LogP contribution in [0.1, 0.15) is 146 Å². The summed E-state index contributed by atoms with van der Waals surface area (Å²) < 4.78 is 128. The zero-order valence-electron chi connectivity index (χ0n) is 86.4. The van der Waals surface area contributed by atoms with E-state index in [1.165, 1.54) is 23.6 Å². The van der Waals surface area contributed by atoms with Crippen LogP contribution in [-0.4, -0.2) is 234 Å². The summed E-state index contributed by atoms with van der Waals surface area (Å²) in [5.74, 6) is 0.466. The van der Waals surface area contributed by atoms with Crippen LogP contribution in [0.5, 0.6) is 0 Å². The first-order chi connectivity index (χ1) is 71.8. The molecule has 20 rings (SSSR count). The number of rotatable bonds is 27. The number of anilines is 5. The lowest BCUT2D eigenvalue weighted by Crippen LogP contribution is -2.42. The number of nitrogens with zero attached hydrogens (tertiary/aromatic N) is 15. The van der Waals surface area contributed by atoms with Crippen molar-refractivity contribution in [2.75, 3.05) is 122 Å². The van der Waals surface area contributed by atoms with Crippen LogP contribution < -0.4 is 26.6 Å². The summed E-state index contributed by atoms with van der Waals surface area (Å²) in [6, 6.07) is 53.6. The predicted molar refractivity (Wildman–Crippen MR) is 603 cm³/mol. The van der Waals surface area contributed by atoms with Crippen LogP contribution in [0.2, 0.25) is 0 Å². The topological polar surface area (TPSA) is 387 Å². The molecule has 5 aliphatic heterocycles. The molecule has 35 heteroatoms. The van der Waals surface area contributed by atoms with Crippen molar-refractivity contribution in [2.24, 2.45) is 0 Å². The Morgan fingerprint density at radius 2 is 0.544 bits per heavy atom. The summed E-state index contributed by atoms with van der Waals surface area (Å²) in [5.41, 5.74) is 22.2. The van der Waals surface area contributed by atoms with Crippen LogP contribution in [0.15, 0.2) is 245 Å². The molecule has 30 nitrogen and oxygen atoms in total. The number of aryl methyl sites for hydroxylation is 5. The highest BCUT2D eigenvalue weighted by atomic mass is 32.2. The largest absolute Gasteiger partial charge is 0.382 e. The molecule has 780 valence electrons. The maximum Gasteiger partial charge on any atom is 0.213 e. The van der Waals surface area contributed by atoms with Gasteiger partial charge < -0.3 is 26.6 Å². The van der Waals surface area contributed by atoms with Crippen LogP contribution in [0, 0.1) is 18.3 Å². The van der Waals surface area contributed by atoms with Crippen molar-refractivity contribution >= 4 is 132 Å². The molecule has 5 N–H and O–H groups in total. The van der Waals surface area contributed by atoms with Crippen molar-refractivity contribution < 1.29 is 42.1 Å². The van der Waals surface area contributed by atoms with Crippen LogP contribution in [0.3, 0.4) is 0 Å². The molecule has 6 aromatic carbocycles. The molecular weight excluding hydrogens is 1970 g/mol. The highest BCUT2D eigenvalue weighted by Crippen LogP contribution is 2.40. The third-order valence-electron chi connectivity index (χ3n) is 28.7. The molecule has 0 saturated carbocycles. The maximum atomic E-state index is 12.1. The maximum absolute atomic E-state index is 12.1. The summed E-state index contributed by atoms with van der Waals surface area (Å²) in [4.78, 5) is 39.4. The normalized spacial score (nSPS) is 16.0. The van der Waals surface area contributed by atoms with E-state index in [1.54, 1.807) is 60.9 Å². The Balaban J connectivity index is 0.000000133. The van der Waals surface area contributed by atoms with E-state index in [1.807, 2.05) is 130 Å². The lowest BCUT2D eigenvalue weighted by atomic mass is 9.97. The van der Waals surface area contributed by atoms with Gasteiger partial charge in [0.25, 0.3) is 0 Å². The molecule has 0 radical (unpaired) electrons. The van der Waals surface area contributed by atoms with Crippen molar-refractivity contribution in [3.63, 3.8) is 0 Å². The molecule has 0 atom stereocenters. The average Bonchev–Trinajstić information content (AvgIpc) is 0.801. The molecule has 0 bridgehead atoms. The number of piperidine rings is 5. The minimum absolute atomic E-state index is 0.143. The molecule has 5 aliphatic rings. The molecule has 5 fully saturated rings. The van der Waals surface area contributed by atoms with E-state index in [2.05, 4.69) is 208 Å². The van der Waals surface area contributed by atoms with Gasteiger partial charge in [0, 0.05) is 284 Å². The fraction of sp³-hybridized carbons (Fsp3) is 0.368. The van der Waals surface area contributed by atoms with E-state index in [0.29, 0.717) is 71.0 Å². The molecular formula is C114H134N20O10S5. The minimum atomic E-state index is -3.14. The number of benzene rings is 6. The molecule has 0 spiro atoms. The Morgan fingerprint density at radius 1 is 0.282 bits per heavy atom. The number of nitriles is 1. The summed E-state index contributed by atoms with van der Waals surface area (Å²) >= 11 is 0. The number of aromatic nitrogens is 9. The van der Waals surface area contributed by atoms with E-state index in [-0.39, 0.29) is 47.5 Å². The Labute approximate surface area is 877 Å². The zero-order chi connectivity index (χ0) is 105. The smallest absolute Gasteiger partial charge is 0.213 e. The summed E-state index contributed by atoms with van der Waals surface area (Å²) in [6.45, 7) is 21.1. The average molecular weight is 2100 g/mol. The van der Waals surface area contributed by atoms with Crippen LogP contribution >= 0.6 is 0 Å². The first-order valence-electron chi connectivity index (χ1n) is 51.6. The van der Waals surface area contributed by atoms with Gasteiger partial charge >= 0.3 is 0 Å². The van der Waals surface area contributed by atoms with Crippen LogP contribution in [-0.2, 0) is 75.8 Å². The number of hydrogen-bond acceptors (Lipinski definition) is 25. The van der Waals surface area contributed by atoms with Crippen molar-refractivity contribution in [2.45, 2.75) is 175 Å². The minimum Gasteiger partial charge on any atom is -0.382 e. The lowest BCUT2D eigenvalue weighted by Gasteiger charge is -2.32. The summed E-state index contributed by atoms with van der Waals surface area (Å²) in [7, 11) is -15.6. The van der Waals surface area contributed by atoms with E-state index < -0.39 is 50.1 Å². The monoisotopic (exact) mass is 2100 g/mol. The van der Waals surface area contributed by atoms with Gasteiger partial charge in [-0.15, -0.1) is 0 Å². The van der Waals surface area contributed by atoms with Crippen LogP contribution in [0.4, 0.5) is 28.4 Å². The molecule has 15 aromatic rings. The van der Waals surface area contributed by atoms with Crippen molar-refractivity contribution in [1.29, 1.82) is 5.26 Å². The Bertz CT molecular complexity index is 7890. The predicted octanol–water partition coefficient (Wildman–Crippen LogP) is 19.9. The molecule has 14 heterocycles.